The van der Waals surface area contributed by atoms with E-state index in [9.17, 15) is 9.59 Å². The first-order valence-electron chi connectivity index (χ1n) is 4.52. The van der Waals surface area contributed by atoms with E-state index < -0.39 is 0 Å². The minimum absolute atomic E-state index is 0.141. The number of hydrogen-bond acceptors (Lipinski definition) is 3. The van der Waals surface area contributed by atoms with Crippen LogP contribution in [0.5, 0.6) is 0 Å². The standard InChI is InChI=1S/C8H15N3O2/c1-2-3-6-7(12)11(5-4-9)8(13)10-6/h6H,2-5,9H2,1H3,(H,10,13). The smallest absolute Gasteiger partial charge is 0.324 e. The molecule has 0 radical (unpaired) electrons. The quantitative estimate of drug-likeness (QED) is 0.589. The van der Waals surface area contributed by atoms with Crippen molar-refractivity contribution in [1.29, 1.82) is 0 Å². The molecule has 0 aromatic heterocycles. The highest BCUT2D eigenvalue weighted by atomic mass is 16.2. The molecule has 1 fully saturated rings. The number of nitrogens with zero attached hydrogens (tertiary/aromatic N) is 1. The molecular weight excluding hydrogens is 170 g/mol. The molecule has 0 aromatic carbocycles. The van der Waals surface area contributed by atoms with Crippen molar-refractivity contribution in [3.8, 4) is 0 Å². The molecule has 0 aliphatic carbocycles. The monoisotopic (exact) mass is 185 g/mol. The lowest BCUT2D eigenvalue weighted by molar-refractivity contribution is -0.127. The fraction of sp³-hybridized carbons (Fsp3) is 0.750. The first kappa shape index (κ1) is 9.98. The minimum atomic E-state index is -0.330. The molecule has 0 spiro atoms. The van der Waals surface area contributed by atoms with Gasteiger partial charge in [0.1, 0.15) is 6.04 Å². The Kier molecular flexibility index (Phi) is 3.25. The van der Waals surface area contributed by atoms with Crippen LogP contribution in [0.15, 0.2) is 0 Å². The molecule has 0 bridgehead atoms. The van der Waals surface area contributed by atoms with Gasteiger partial charge in [-0.25, -0.2) is 4.79 Å². The summed E-state index contributed by atoms with van der Waals surface area (Å²) in [6.45, 7) is 2.61. The number of nitrogens with one attached hydrogen (secondary N) is 1. The van der Waals surface area contributed by atoms with Gasteiger partial charge in [-0.3, -0.25) is 9.69 Å². The zero-order valence-electron chi connectivity index (χ0n) is 7.75. The van der Waals surface area contributed by atoms with Crippen molar-refractivity contribution in [3.05, 3.63) is 0 Å². The third-order valence-electron chi connectivity index (χ3n) is 2.04. The summed E-state index contributed by atoms with van der Waals surface area (Å²) < 4.78 is 0. The first-order valence-corrected chi connectivity index (χ1v) is 4.52. The van der Waals surface area contributed by atoms with Crippen LogP contribution in [0.25, 0.3) is 0 Å². The molecule has 1 heterocycles. The van der Waals surface area contributed by atoms with Gasteiger partial charge in [0.25, 0.3) is 5.91 Å². The van der Waals surface area contributed by atoms with Gasteiger partial charge < -0.3 is 11.1 Å². The number of urea groups is 1. The van der Waals surface area contributed by atoms with Gasteiger partial charge in [0, 0.05) is 13.1 Å². The van der Waals surface area contributed by atoms with E-state index in [0.717, 1.165) is 6.42 Å². The van der Waals surface area contributed by atoms with Crippen molar-refractivity contribution >= 4 is 11.9 Å². The molecule has 74 valence electrons. The highest BCUT2D eigenvalue weighted by Gasteiger charge is 2.36. The Morgan fingerprint density at radius 1 is 1.54 bits per heavy atom. The Labute approximate surface area is 77.3 Å². The Balaban J connectivity index is 2.58. The number of amides is 3. The second kappa shape index (κ2) is 4.23. The lowest BCUT2D eigenvalue weighted by Gasteiger charge is -2.10. The highest BCUT2D eigenvalue weighted by molar-refractivity contribution is 6.04. The number of rotatable bonds is 4. The molecular formula is C8H15N3O2. The van der Waals surface area contributed by atoms with E-state index in [1.807, 2.05) is 6.92 Å². The summed E-state index contributed by atoms with van der Waals surface area (Å²) in [6.07, 6.45) is 1.58. The SMILES string of the molecule is CCCC1NC(=O)N(CCN)C1=O. The molecule has 3 amide bonds. The number of carbonyl (C=O) groups is 2. The summed E-state index contributed by atoms with van der Waals surface area (Å²) in [5, 5.41) is 2.62. The predicted octanol–water partition coefficient (Wildman–Crippen LogP) is -0.334. The fourth-order valence-electron chi connectivity index (χ4n) is 1.40. The van der Waals surface area contributed by atoms with Crippen molar-refractivity contribution in [2.24, 2.45) is 5.73 Å². The van der Waals surface area contributed by atoms with Gasteiger partial charge in [0.2, 0.25) is 0 Å². The lowest BCUT2D eigenvalue weighted by atomic mass is 10.2. The topological polar surface area (TPSA) is 75.4 Å². The van der Waals surface area contributed by atoms with Crippen LogP contribution in [-0.4, -0.2) is 36.0 Å². The van der Waals surface area contributed by atoms with E-state index in [1.165, 1.54) is 4.90 Å². The van der Waals surface area contributed by atoms with E-state index in [1.54, 1.807) is 0 Å². The molecule has 0 saturated carbocycles. The summed E-state index contributed by atoms with van der Waals surface area (Å²) in [5.41, 5.74) is 5.28. The van der Waals surface area contributed by atoms with E-state index >= 15 is 0 Å². The van der Waals surface area contributed by atoms with Crippen LogP contribution in [0.4, 0.5) is 4.79 Å². The summed E-state index contributed by atoms with van der Waals surface area (Å²) in [5.74, 6) is -0.141. The van der Waals surface area contributed by atoms with Crippen LogP contribution in [0.2, 0.25) is 0 Å². The maximum Gasteiger partial charge on any atom is 0.324 e. The van der Waals surface area contributed by atoms with Crippen LogP contribution < -0.4 is 11.1 Å². The number of hydrogen-bond donors (Lipinski definition) is 2. The van der Waals surface area contributed by atoms with E-state index in [2.05, 4.69) is 5.32 Å². The van der Waals surface area contributed by atoms with Crippen molar-refractivity contribution < 1.29 is 9.59 Å². The summed E-state index contributed by atoms with van der Waals surface area (Å²) in [7, 11) is 0. The Morgan fingerprint density at radius 2 is 2.23 bits per heavy atom. The van der Waals surface area contributed by atoms with Gasteiger partial charge >= 0.3 is 6.03 Å². The molecule has 13 heavy (non-hydrogen) atoms. The summed E-state index contributed by atoms with van der Waals surface area (Å²) >= 11 is 0. The molecule has 5 heteroatoms. The highest BCUT2D eigenvalue weighted by Crippen LogP contribution is 2.09. The second-order valence-corrected chi connectivity index (χ2v) is 3.07. The van der Waals surface area contributed by atoms with Crippen LogP contribution in [-0.2, 0) is 4.79 Å². The number of carbonyl (C=O) groups excluding carboxylic acids is 2. The first-order chi connectivity index (χ1) is 6.20. The summed E-state index contributed by atoms with van der Waals surface area (Å²) in [6, 6.07) is -0.641. The van der Waals surface area contributed by atoms with Gasteiger partial charge in [0.15, 0.2) is 0 Å². The molecule has 5 nitrogen and oxygen atoms in total. The molecule has 0 aromatic rings. The van der Waals surface area contributed by atoms with Crippen LogP contribution >= 0.6 is 0 Å². The molecule has 1 aliphatic rings. The fourth-order valence-corrected chi connectivity index (χ4v) is 1.40. The van der Waals surface area contributed by atoms with Crippen molar-refractivity contribution in [3.63, 3.8) is 0 Å². The van der Waals surface area contributed by atoms with Crippen LogP contribution in [0.1, 0.15) is 19.8 Å². The third-order valence-corrected chi connectivity index (χ3v) is 2.04. The molecule has 3 N–H and O–H groups in total. The normalized spacial score (nSPS) is 22.3. The lowest BCUT2D eigenvalue weighted by Crippen LogP contribution is -2.35. The second-order valence-electron chi connectivity index (χ2n) is 3.07. The van der Waals surface area contributed by atoms with E-state index in [4.69, 9.17) is 5.73 Å². The Hall–Kier alpha value is -1.10. The third kappa shape index (κ3) is 1.98. The molecule has 1 unspecified atom stereocenters. The molecule has 1 saturated heterocycles. The Morgan fingerprint density at radius 3 is 2.77 bits per heavy atom. The van der Waals surface area contributed by atoms with E-state index in [-0.39, 0.29) is 18.0 Å². The van der Waals surface area contributed by atoms with Crippen molar-refractivity contribution in [2.45, 2.75) is 25.8 Å². The predicted molar refractivity (Wildman–Crippen MR) is 48.0 cm³/mol. The van der Waals surface area contributed by atoms with Crippen molar-refractivity contribution in [2.75, 3.05) is 13.1 Å². The zero-order chi connectivity index (χ0) is 9.84. The largest absolute Gasteiger partial charge is 0.329 e. The molecule has 1 aliphatic heterocycles. The minimum Gasteiger partial charge on any atom is -0.329 e. The van der Waals surface area contributed by atoms with E-state index in [0.29, 0.717) is 19.5 Å². The molecule has 1 atom stereocenters. The average molecular weight is 185 g/mol. The maximum atomic E-state index is 11.5. The summed E-state index contributed by atoms with van der Waals surface area (Å²) in [4.78, 5) is 23.9. The maximum absolute atomic E-state index is 11.5. The van der Waals surface area contributed by atoms with Gasteiger partial charge in [-0.15, -0.1) is 0 Å². The zero-order valence-corrected chi connectivity index (χ0v) is 7.75. The van der Waals surface area contributed by atoms with Gasteiger partial charge in [-0.2, -0.15) is 0 Å². The van der Waals surface area contributed by atoms with Crippen molar-refractivity contribution in [1.82, 2.24) is 10.2 Å². The van der Waals surface area contributed by atoms with Gasteiger partial charge in [-0.1, -0.05) is 13.3 Å². The number of imide groups is 1. The van der Waals surface area contributed by atoms with Gasteiger partial charge in [-0.05, 0) is 6.42 Å². The average Bonchev–Trinajstić information content (AvgIpc) is 2.34. The van der Waals surface area contributed by atoms with Crippen LogP contribution in [0, 0.1) is 0 Å². The Bertz CT molecular complexity index is 217. The number of nitrogens with two attached hydrogens (primary N) is 1. The van der Waals surface area contributed by atoms with Gasteiger partial charge in [0.05, 0.1) is 0 Å². The molecule has 1 rings (SSSR count). The van der Waals surface area contributed by atoms with Crippen LogP contribution in [0.3, 0.4) is 0 Å².